The van der Waals surface area contributed by atoms with Crippen LogP contribution < -0.4 is 10.1 Å². The molecule has 2 fully saturated rings. The van der Waals surface area contributed by atoms with Crippen molar-refractivity contribution in [2.24, 2.45) is 0 Å². The quantitative estimate of drug-likeness (QED) is 0.825. The number of nitrogens with one attached hydrogen (secondary N) is 1. The van der Waals surface area contributed by atoms with Crippen LogP contribution in [0.4, 0.5) is 4.79 Å². The summed E-state index contributed by atoms with van der Waals surface area (Å²) in [5, 5.41) is 12.0. The second-order valence-corrected chi connectivity index (χ2v) is 6.70. The van der Waals surface area contributed by atoms with E-state index in [-0.39, 0.29) is 23.7 Å². The normalized spacial score (nSPS) is 24.1. The van der Waals surface area contributed by atoms with Crippen molar-refractivity contribution in [2.75, 3.05) is 46.4 Å². The van der Waals surface area contributed by atoms with Gasteiger partial charge in [-0.25, -0.2) is 9.59 Å². The number of piperazine rings is 1. The molecule has 1 aromatic rings. The van der Waals surface area contributed by atoms with Crippen LogP contribution in [0.25, 0.3) is 0 Å². The number of carbonyl (C=O) groups excluding carboxylic acids is 1. The molecule has 2 heterocycles. The lowest BCUT2D eigenvalue weighted by Crippen LogP contribution is -2.57. The molecule has 3 rings (SSSR count). The lowest BCUT2D eigenvalue weighted by molar-refractivity contribution is -0.00228. The van der Waals surface area contributed by atoms with Crippen molar-refractivity contribution in [1.82, 2.24) is 15.1 Å². The summed E-state index contributed by atoms with van der Waals surface area (Å²) in [6, 6.07) is 5.96. The molecule has 2 saturated heterocycles. The van der Waals surface area contributed by atoms with Gasteiger partial charge in [0.2, 0.25) is 0 Å². The fourth-order valence-electron chi connectivity index (χ4n) is 3.10. The van der Waals surface area contributed by atoms with Crippen LogP contribution in [0.1, 0.15) is 16.8 Å². The first-order valence-corrected chi connectivity index (χ1v) is 8.84. The fraction of sp³-hybridized carbons (Fsp3) is 0.556. The Kier molecular flexibility index (Phi) is 5.95. The van der Waals surface area contributed by atoms with E-state index in [4.69, 9.17) is 14.6 Å². The number of nitrogens with zero attached hydrogens (tertiary/aromatic N) is 2. The summed E-state index contributed by atoms with van der Waals surface area (Å²) < 4.78 is 11.5. The molecular formula is C18H25N3O5. The molecule has 2 aliphatic heterocycles. The van der Waals surface area contributed by atoms with Crippen molar-refractivity contribution in [3.05, 3.63) is 29.8 Å². The zero-order valence-corrected chi connectivity index (χ0v) is 14.9. The minimum absolute atomic E-state index is 0.0941. The van der Waals surface area contributed by atoms with E-state index in [2.05, 4.69) is 10.2 Å². The average molecular weight is 363 g/mol. The van der Waals surface area contributed by atoms with Crippen LogP contribution in [0, 0.1) is 0 Å². The van der Waals surface area contributed by atoms with Crippen molar-refractivity contribution in [3.63, 3.8) is 0 Å². The lowest BCUT2D eigenvalue weighted by Gasteiger charge is -2.36. The Labute approximate surface area is 152 Å². The zero-order chi connectivity index (χ0) is 18.5. The Hall–Kier alpha value is -2.32. The molecule has 2 amide bonds. The maximum atomic E-state index is 12.5. The van der Waals surface area contributed by atoms with Crippen LogP contribution in [0.3, 0.4) is 0 Å². The first-order valence-electron chi connectivity index (χ1n) is 8.84. The lowest BCUT2D eigenvalue weighted by atomic mass is 10.1. The average Bonchev–Trinajstić information content (AvgIpc) is 2.64. The number of hydrogen-bond acceptors (Lipinski definition) is 5. The minimum atomic E-state index is -0.972. The van der Waals surface area contributed by atoms with Gasteiger partial charge in [-0.1, -0.05) is 0 Å². The molecule has 142 valence electrons. The van der Waals surface area contributed by atoms with Crippen LogP contribution >= 0.6 is 0 Å². The molecule has 2 atom stereocenters. The first-order chi connectivity index (χ1) is 12.5. The SMILES string of the molecule is CN1CCN(C(=O)N[C@@H]2COCC[C@H]2Oc2ccc(C(=O)O)cc2)CC1. The summed E-state index contributed by atoms with van der Waals surface area (Å²) in [4.78, 5) is 27.5. The van der Waals surface area contributed by atoms with Gasteiger partial charge in [0.1, 0.15) is 11.9 Å². The second kappa shape index (κ2) is 8.37. The summed E-state index contributed by atoms with van der Waals surface area (Å²) in [6.45, 7) is 4.11. The van der Waals surface area contributed by atoms with Gasteiger partial charge < -0.3 is 29.7 Å². The van der Waals surface area contributed by atoms with Crippen molar-refractivity contribution in [1.29, 1.82) is 0 Å². The summed E-state index contributed by atoms with van der Waals surface area (Å²) in [6.07, 6.45) is 0.449. The molecular weight excluding hydrogens is 338 g/mol. The molecule has 0 aliphatic carbocycles. The van der Waals surface area contributed by atoms with E-state index in [9.17, 15) is 9.59 Å². The highest BCUT2D eigenvalue weighted by Gasteiger charge is 2.31. The van der Waals surface area contributed by atoms with Gasteiger partial charge in [0.05, 0.1) is 24.8 Å². The highest BCUT2D eigenvalue weighted by molar-refractivity contribution is 5.87. The van der Waals surface area contributed by atoms with Crippen LogP contribution in [-0.4, -0.2) is 85.5 Å². The number of carboxylic acids is 1. The standard InChI is InChI=1S/C18H25N3O5/c1-20-7-9-21(10-8-20)18(24)19-15-12-25-11-6-16(15)26-14-4-2-13(3-5-14)17(22)23/h2-5,15-16H,6-12H2,1H3,(H,19,24)(H,22,23)/t15-,16-/m1/s1. The predicted molar refractivity (Wildman–Crippen MR) is 94.6 cm³/mol. The maximum Gasteiger partial charge on any atom is 0.335 e. The molecule has 0 radical (unpaired) electrons. The molecule has 0 unspecified atom stereocenters. The third-order valence-corrected chi connectivity index (χ3v) is 4.78. The molecule has 8 nitrogen and oxygen atoms in total. The van der Waals surface area contributed by atoms with Gasteiger partial charge in [-0.15, -0.1) is 0 Å². The summed E-state index contributed by atoms with van der Waals surface area (Å²) in [5.41, 5.74) is 0.212. The highest BCUT2D eigenvalue weighted by atomic mass is 16.5. The molecule has 2 N–H and O–H groups in total. The van der Waals surface area contributed by atoms with Gasteiger partial charge in [-0.3, -0.25) is 0 Å². The third-order valence-electron chi connectivity index (χ3n) is 4.78. The van der Waals surface area contributed by atoms with E-state index >= 15 is 0 Å². The Morgan fingerprint density at radius 2 is 1.88 bits per heavy atom. The van der Waals surface area contributed by atoms with Crippen LogP contribution in [0.15, 0.2) is 24.3 Å². The van der Waals surface area contributed by atoms with Crippen LogP contribution in [0.5, 0.6) is 5.75 Å². The number of likely N-dealkylation sites (N-methyl/N-ethyl adjacent to an activating group) is 1. The number of hydrogen-bond donors (Lipinski definition) is 2. The number of ether oxygens (including phenoxy) is 2. The second-order valence-electron chi connectivity index (χ2n) is 6.70. The monoisotopic (exact) mass is 363 g/mol. The molecule has 8 heteroatoms. The summed E-state index contributed by atoms with van der Waals surface area (Å²) >= 11 is 0. The van der Waals surface area contributed by atoms with Gasteiger partial charge in [-0.05, 0) is 31.3 Å². The van der Waals surface area contributed by atoms with Crippen molar-refractivity contribution in [2.45, 2.75) is 18.6 Å². The Bertz CT molecular complexity index is 628. The number of rotatable bonds is 4. The van der Waals surface area contributed by atoms with Gasteiger partial charge in [0.25, 0.3) is 0 Å². The van der Waals surface area contributed by atoms with Gasteiger partial charge in [0.15, 0.2) is 0 Å². The van der Waals surface area contributed by atoms with E-state index in [1.165, 1.54) is 12.1 Å². The van der Waals surface area contributed by atoms with E-state index in [1.807, 2.05) is 11.9 Å². The first kappa shape index (κ1) is 18.5. The number of urea groups is 1. The van der Waals surface area contributed by atoms with Gasteiger partial charge >= 0.3 is 12.0 Å². The summed E-state index contributed by atoms with van der Waals surface area (Å²) in [7, 11) is 2.05. The van der Waals surface area contributed by atoms with E-state index < -0.39 is 5.97 Å². The highest BCUT2D eigenvalue weighted by Crippen LogP contribution is 2.19. The number of carboxylic acid groups (broad SMARTS) is 1. The Morgan fingerprint density at radius 1 is 1.19 bits per heavy atom. The molecule has 0 aromatic heterocycles. The smallest absolute Gasteiger partial charge is 0.335 e. The van der Waals surface area contributed by atoms with E-state index in [1.54, 1.807) is 12.1 Å². The molecule has 0 saturated carbocycles. The van der Waals surface area contributed by atoms with Gasteiger partial charge in [-0.2, -0.15) is 0 Å². The number of benzene rings is 1. The molecule has 26 heavy (non-hydrogen) atoms. The van der Waals surface area contributed by atoms with E-state index in [0.29, 0.717) is 38.5 Å². The van der Waals surface area contributed by atoms with Crippen molar-refractivity contribution < 1.29 is 24.2 Å². The largest absolute Gasteiger partial charge is 0.488 e. The topological polar surface area (TPSA) is 91.3 Å². The van der Waals surface area contributed by atoms with E-state index in [0.717, 1.165) is 13.1 Å². The van der Waals surface area contributed by atoms with Crippen molar-refractivity contribution >= 4 is 12.0 Å². The molecule has 1 aromatic carbocycles. The number of aromatic carboxylic acids is 1. The fourth-order valence-corrected chi connectivity index (χ4v) is 3.10. The predicted octanol–water partition coefficient (Wildman–Crippen LogP) is 0.878. The van der Waals surface area contributed by atoms with Gasteiger partial charge in [0, 0.05) is 32.6 Å². The zero-order valence-electron chi connectivity index (χ0n) is 14.9. The maximum absolute atomic E-state index is 12.5. The van der Waals surface area contributed by atoms with Crippen LogP contribution in [0.2, 0.25) is 0 Å². The molecule has 2 aliphatic rings. The summed E-state index contributed by atoms with van der Waals surface area (Å²) in [5.74, 6) is -0.388. The number of amides is 2. The van der Waals surface area contributed by atoms with Crippen LogP contribution in [-0.2, 0) is 4.74 Å². The Morgan fingerprint density at radius 3 is 2.54 bits per heavy atom. The minimum Gasteiger partial charge on any atom is -0.488 e. The molecule has 0 bridgehead atoms. The number of carbonyl (C=O) groups is 2. The third kappa shape index (κ3) is 4.64. The molecule has 0 spiro atoms. The Balaban J connectivity index is 1.58. The van der Waals surface area contributed by atoms with Crippen molar-refractivity contribution in [3.8, 4) is 5.75 Å².